The van der Waals surface area contributed by atoms with Gasteiger partial charge in [0.1, 0.15) is 0 Å². The topological polar surface area (TPSA) is 29.3 Å². The average Bonchev–Trinajstić information content (AvgIpc) is 2.48. The molecule has 2 aliphatic rings. The van der Waals surface area contributed by atoms with Crippen molar-refractivity contribution >= 4 is 0 Å². The molecular formula is C17H26N2. The first-order valence-electron chi connectivity index (χ1n) is 7.82. The molecule has 0 bridgehead atoms. The number of nitrogens with two attached hydrogens (primary N) is 1. The maximum absolute atomic E-state index is 5.89. The summed E-state index contributed by atoms with van der Waals surface area (Å²) in [4.78, 5) is 2.70. The van der Waals surface area contributed by atoms with Gasteiger partial charge in [-0.2, -0.15) is 0 Å². The van der Waals surface area contributed by atoms with Crippen LogP contribution in [0.5, 0.6) is 0 Å². The Bertz CT molecular complexity index is 429. The smallest absolute Gasteiger partial charge is 0.0351 e. The molecule has 0 radical (unpaired) electrons. The molecule has 1 fully saturated rings. The van der Waals surface area contributed by atoms with Gasteiger partial charge in [0.25, 0.3) is 0 Å². The van der Waals surface area contributed by atoms with Crippen molar-refractivity contribution in [2.45, 2.75) is 44.6 Å². The second kappa shape index (κ2) is 5.64. The highest BCUT2D eigenvalue weighted by Crippen LogP contribution is 2.41. The zero-order valence-electron chi connectivity index (χ0n) is 12.0. The first kappa shape index (κ1) is 13.1. The van der Waals surface area contributed by atoms with Crippen LogP contribution in [-0.2, 0) is 0 Å². The fourth-order valence-electron chi connectivity index (χ4n) is 3.93. The fraction of sp³-hybridized carbons (Fsp3) is 0.647. The van der Waals surface area contributed by atoms with Crippen LogP contribution < -0.4 is 5.73 Å². The van der Waals surface area contributed by atoms with Gasteiger partial charge in [0.05, 0.1) is 0 Å². The number of nitrogens with zero attached hydrogens (tertiary/aromatic N) is 1. The lowest BCUT2D eigenvalue weighted by atomic mass is 9.79. The molecule has 2 heteroatoms. The van der Waals surface area contributed by atoms with Crippen LogP contribution in [0.1, 0.15) is 55.7 Å². The summed E-state index contributed by atoms with van der Waals surface area (Å²) in [5.74, 6) is 1.43. The summed E-state index contributed by atoms with van der Waals surface area (Å²) < 4.78 is 0. The van der Waals surface area contributed by atoms with Crippen LogP contribution >= 0.6 is 0 Å². The lowest BCUT2D eigenvalue weighted by Crippen LogP contribution is -2.41. The van der Waals surface area contributed by atoms with Gasteiger partial charge >= 0.3 is 0 Å². The van der Waals surface area contributed by atoms with E-state index in [1.807, 2.05) is 0 Å². The average molecular weight is 258 g/mol. The van der Waals surface area contributed by atoms with E-state index in [0.29, 0.717) is 12.0 Å². The number of hydrogen-bond acceptors (Lipinski definition) is 2. The molecular weight excluding hydrogens is 232 g/mol. The summed E-state index contributed by atoms with van der Waals surface area (Å²) in [6.45, 7) is 5.67. The third-order valence-corrected chi connectivity index (χ3v) is 5.08. The van der Waals surface area contributed by atoms with Crippen molar-refractivity contribution in [1.29, 1.82) is 0 Å². The Morgan fingerprint density at radius 1 is 1.16 bits per heavy atom. The summed E-state index contributed by atoms with van der Waals surface area (Å²) in [6.07, 6.45) is 5.27. The van der Waals surface area contributed by atoms with Gasteiger partial charge in [-0.1, -0.05) is 31.2 Å². The minimum absolute atomic E-state index is 0.641. The Kier molecular flexibility index (Phi) is 3.90. The highest BCUT2D eigenvalue weighted by Gasteiger charge is 2.31. The zero-order valence-corrected chi connectivity index (χ0v) is 12.0. The summed E-state index contributed by atoms with van der Waals surface area (Å²) in [7, 11) is 0. The Hall–Kier alpha value is -0.860. The molecule has 3 atom stereocenters. The van der Waals surface area contributed by atoms with E-state index in [1.165, 1.54) is 38.8 Å². The number of fused-ring (bicyclic) bond motifs is 1. The van der Waals surface area contributed by atoms with Crippen molar-refractivity contribution in [2.24, 2.45) is 11.7 Å². The van der Waals surface area contributed by atoms with Crippen LogP contribution in [0.3, 0.4) is 0 Å². The van der Waals surface area contributed by atoms with Crippen molar-refractivity contribution in [3.8, 4) is 0 Å². The second-order valence-electron chi connectivity index (χ2n) is 6.36. The van der Waals surface area contributed by atoms with Crippen molar-refractivity contribution in [2.75, 3.05) is 19.6 Å². The van der Waals surface area contributed by atoms with Crippen molar-refractivity contribution < 1.29 is 0 Å². The SMILES string of the molecule is CC1CCC(N2CCCC(CN)C2)c2ccccc21. The molecule has 3 unspecified atom stereocenters. The lowest BCUT2D eigenvalue weighted by Gasteiger charge is -2.42. The van der Waals surface area contributed by atoms with E-state index >= 15 is 0 Å². The Balaban J connectivity index is 1.84. The van der Waals surface area contributed by atoms with E-state index in [4.69, 9.17) is 5.73 Å². The number of piperidine rings is 1. The molecule has 1 aliphatic heterocycles. The van der Waals surface area contributed by atoms with E-state index in [1.54, 1.807) is 11.1 Å². The number of rotatable bonds is 2. The predicted octanol–water partition coefficient (Wildman–Crippen LogP) is 3.30. The largest absolute Gasteiger partial charge is 0.330 e. The van der Waals surface area contributed by atoms with Crippen LogP contribution in [0.15, 0.2) is 24.3 Å². The van der Waals surface area contributed by atoms with Gasteiger partial charge in [0.15, 0.2) is 0 Å². The van der Waals surface area contributed by atoms with Gasteiger partial charge in [-0.3, -0.25) is 4.90 Å². The Labute approximate surface area is 117 Å². The Morgan fingerprint density at radius 3 is 2.74 bits per heavy atom. The minimum atomic E-state index is 0.641. The Morgan fingerprint density at radius 2 is 1.95 bits per heavy atom. The van der Waals surface area contributed by atoms with Crippen molar-refractivity contribution in [3.05, 3.63) is 35.4 Å². The molecule has 2 N–H and O–H groups in total. The van der Waals surface area contributed by atoms with Crippen molar-refractivity contribution in [3.63, 3.8) is 0 Å². The minimum Gasteiger partial charge on any atom is -0.330 e. The van der Waals surface area contributed by atoms with E-state index in [0.717, 1.165) is 12.5 Å². The zero-order chi connectivity index (χ0) is 13.2. The molecule has 1 aromatic carbocycles. The van der Waals surface area contributed by atoms with Crippen molar-refractivity contribution in [1.82, 2.24) is 4.90 Å². The second-order valence-corrected chi connectivity index (χ2v) is 6.36. The summed E-state index contributed by atoms with van der Waals surface area (Å²) in [5.41, 5.74) is 9.04. The monoisotopic (exact) mass is 258 g/mol. The lowest BCUT2D eigenvalue weighted by molar-refractivity contribution is 0.112. The maximum atomic E-state index is 5.89. The molecule has 2 nitrogen and oxygen atoms in total. The summed E-state index contributed by atoms with van der Waals surface area (Å²) in [6, 6.07) is 9.71. The first-order valence-corrected chi connectivity index (χ1v) is 7.82. The molecule has 3 rings (SSSR count). The molecule has 19 heavy (non-hydrogen) atoms. The third kappa shape index (κ3) is 2.56. The number of benzene rings is 1. The molecule has 0 amide bonds. The van der Waals surface area contributed by atoms with E-state index in [2.05, 4.69) is 36.1 Å². The van der Waals surface area contributed by atoms with Crippen LogP contribution in [0.4, 0.5) is 0 Å². The third-order valence-electron chi connectivity index (χ3n) is 5.08. The highest BCUT2D eigenvalue weighted by atomic mass is 15.2. The highest BCUT2D eigenvalue weighted by molar-refractivity contribution is 5.35. The molecule has 104 valence electrons. The van der Waals surface area contributed by atoms with Gasteiger partial charge < -0.3 is 5.73 Å². The quantitative estimate of drug-likeness (QED) is 0.882. The van der Waals surface area contributed by atoms with Gasteiger partial charge in [0.2, 0.25) is 0 Å². The molecule has 0 saturated carbocycles. The van der Waals surface area contributed by atoms with E-state index in [-0.39, 0.29) is 0 Å². The standard InChI is InChI=1S/C17H26N2/c1-13-8-9-17(16-7-3-2-6-15(13)16)19-10-4-5-14(11-18)12-19/h2-3,6-7,13-14,17H,4-5,8-12,18H2,1H3. The maximum Gasteiger partial charge on any atom is 0.0351 e. The number of hydrogen-bond donors (Lipinski definition) is 1. The fourth-order valence-corrected chi connectivity index (χ4v) is 3.93. The molecule has 0 aromatic heterocycles. The molecule has 0 spiro atoms. The van der Waals surface area contributed by atoms with Crippen LogP contribution in [0, 0.1) is 5.92 Å². The van der Waals surface area contributed by atoms with Crippen LogP contribution in [-0.4, -0.2) is 24.5 Å². The normalized spacial score (nSPS) is 32.0. The summed E-state index contributed by atoms with van der Waals surface area (Å²) >= 11 is 0. The predicted molar refractivity (Wildman–Crippen MR) is 80.2 cm³/mol. The molecule has 1 saturated heterocycles. The van der Waals surface area contributed by atoms with Crippen LogP contribution in [0.25, 0.3) is 0 Å². The van der Waals surface area contributed by atoms with Gasteiger partial charge in [-0.05, 0) is 61.7 Å². The van der Waals surface area contributed by atoms with E-state index < -0.39 is 0 Å². The van der Waals surface area contributed by atoms with Gasteiger partial charge in [0, 0.05) is 12.6 Å². The molecule has 1 aromatic rings. The van der Waals surface area contributed by atoms with E-state index in [9.17, 15) is 0 Å². The van der Waals surface area contributed by atoms with Gasteiger partial charge in [-0.15, -0.1) is 0 Å². The van der Waals surface area contributed by atoms with Crippen LogP contribution in [0.2, 0.25) is 0 Å². The number of likely N-dealkylation sites (tertiary alicyclic amines) is 1. The molecule has 1 aliphatic carbocycles. The van der Waals surface area contributed by atoms with Gasteiger partial charge in [-0.25, -0.2) is 0 Å². The summed E-state index contributed by atoms with van der Waals surface area (Å²) in [5, 5.41) is 0. The first-order chi connectivity index (χ1) is 9.29. The molecule has 1 heterocycles.